The number of aliphatic imine (C=N–C) groups is 1. The molecule has 0 heterocycles. The van der Waals surface area contributed by atoms with Crippen LogP contribution in [0.25, 0.3) is 5.76 Å². The van der Waals surface area contributed by atoms with Crippen molar-refractivity contribution in [2.75, 3.05) is 7.11 Å². The number of amidine groups is 1. The van der Waals surface area contributed by atoms with E-state index in [1.807, 2.05) is 0 Å². The number of ether oxygens (including phenoxy) is 1. The van der Waals surface area contributed by atoms with Crippen molar-refractivity contribution in [1.82, 2.24) is 5.43 Å². The Morgan fingerprint density at radius 3 is 2.65 bits per heavy atom. The minimum atomic E-state index is 0.353. The monoisotopic (exact) mass is 233 g/mol. The summed E-state index contributed by atoms with van der Waals surface area (Å²) >= 11 is 0. The topological polar surface area (TPSA) is 98.0 Å². The normalized spacial score (nSPS) is 10.8. The van der Waals surface area contributed by atoms with Gasteiger partial charge in [0.25, 0.3) is 0 Å². The number of methoxy groups -OCH3 is 1. The van der Waals surface area contributed by atoms with Crippen LogP contribution in [-0.4, -0.2) is 19.7 Å². The first-order chi connectivity index (χ1) is 8.17. The van der Waals surface area contributed by atoms with Crippen molar-refractivity contribution in [2.24, 2.45) is 21.8 Å². The van der Waals surface area contributed by atoms with Gasteiger partial charge in [0.15, 0.2) is 5.84 Å². The van der Waals surface area contributed by atoms with E-state index < -0.39 is 0 Å². The molecular formula is C11H15N5O. The smallest absolute Gasteiger partial charge is 0.166 e. The van der Waals surface area contributed by atoms with Crippen LogP contribution in [0.4, 0.5) is 5.69 Å². The van der Waals surface area contributed by atoms with Crippen LogP contribution in [0.3, 0.4) is 0 Å². The third kappa shape index (κ3) is 2.61. The van der Waals surface area contributed by atoms with Crippen LogP contribution in [0.5, 0.6) is 0 Å². The van der Waals surface area contributed by atoms with Gasteiger partial charge in [0, 0.05) is 11.1 Å². The van der Waals surface area contributed by atoms with Crippen LogP contribution in [0, 0.1) is 0 Å². The van der Waals surface area contributed by atoms with Crippen LogP contribution in [0.2, 0.25) is 0 Å². The Morgan fingerprint density at radius 1 is 1.47 bits per heavy atom. The molecule has 0 bridgehead atoms. The summed E-state index contributed by atoms with van der Waals surface area (Å²) in [6, 6.07) is 5.29. The van der Waals surface area contributed by atoms with E-state index >= 15 is 0 Å². The SMILES string of the molecule is C=Nc1ccc(/C(=N/N)NN)cc1C(=C)OC. The molecule has 0 atom stereocenters. The van der Waals surface area contributed by atoms with Gasteiger partial charge in [0.2, 0.25) is 0 Å². The van der Waals surface area contributed by atoms with Crippen LogP contribution < -0.4 is 17.1 Å². The van der Waals surface area contributed by atoms with E-state index in [1.165, 1.54) is 7.11 Å². The second-order valence-corrected chi connectivity index (χ2v) is 3.14. The minimum Gasteiger partial charge on any atom is -0.497 e. The standard InChI is InChI=1S/C11H15N5O/c1-7(17-3)9-6-8(11(15-12)16-13)4-5-10(9)14-2/h4-6H,1-2,12-13H2,3H3,(H,15,16). The minimum absolute atomic E-state index is 0.353. The van der Waals surface area contributed by atoms with Crippen molar-refractivity contribution in [3.63, 3.8) is 0 Å². The number of nitrogens with two attached hydrogens (primary N) is 2. The maximum atomic E-state index is 5.29. The molecule has 0 spiro atoms. The lowest BCUT2D eigenvalue weighted by molar-refractivity contribution is 0.371. The molecule has 0 aliphatic carbocycles. The largest absolute Gasteiger partial charge is 0.497 e. The summed E-state index contributed by atoms with van der Waals surface area (Å²) in [5.41, 5.74) is 4.47. The Hall–Kier alpha value is -2.34. The summed E-state index contributed by atoms with van der Waals surface area (Å²) < 4.78 is 5.08. The maximum absolute atomic E-state index is 5.29. The molecule has 0 saturated heterocycles. The van der Waals surface area contributed by atoms with Crippen LogP contribution in [0.15, 0.2) is 34.9 Å². The number of nitrogens with zero attached hydrogens (tertiary/aromatic N) is 2. The van der Waals surface area contributed by atoms with Gasteiger partial charge in [-0.15, -0.1) is 0 Å². The van der Waals surface area contributed by atoms with Gasteiger partial charge in [0.05, 0.1) is 12.8 Å². The Kier molecular flexibility index (Phi) is 4.24. The van der Waals surface area contributed by atoms with E-state index in [2.05, 4.69) is 28.8 Å². The van der Waals surface area contributed by atoms with Crippen LogP contribution in [0.1, 0.15) is 11.1 Å². The zero-order chi connectivity index (χ0) is 12.8. The lowest BCUT2D eigenvalue weighted by Gasteiger charge is -2.10. The molecule has 1 rings (SSSR count). The molecule has 1 aromatic rings. The van der Waals surface area contributed by atoms with Crippen molar-refractivity contribution < 1.29 is 4.74 Å². The van der Waals surface area contributed by atoms with Gasteiger partial charge in [-0.1, -0.05) is 6.58 Å². The quantitative estimate of drug-likeness (QED) is 0.234. The first-order valence-electron chi connectivity index (χ1n) is 4.76. The van der Waals surface area contributed by atoms with Crippen molar-refractivity contribution in [1.29, 1.82) is 0 Å². The molecule has 0 aromatic heterocycles. The fraction of sp³-hybridized carbons (Fsp3) is 0.0909. The Bertz CT molecular complexity index is 467. The van der Waals surface area contributed by atoms with Gasteiger partial charge in [-0.05, 0) is 24.9 Å². The molecule has 0 saturated carbocycles. The highest BCUT2D eigenvalue weighted by Crippen LogP contribution is 2.26. The highest BCUT2D eigenvalue weighted by Gasteiger charge is 2.09. The summed E-state index contributed by atoms with van der Waals surface area (Å²) in [5, 5.41) is 3.52. The molecule has 5 N–H and O–H groups in total. The fourth-order valence-electron chi connectivity index (χ4n) is 1.35. The van der Waals surface area contributed by atoms with Gasteiger partial charge in [-0.3, -0.25) is 4.99 Å². The lowest BCUT2D eigenvalue weighted by atomic mass is 10.1. The number of hydrogen-bond donors (Lipinski definition) is 3. The van der Waals surface area contributed by atoms with E-state index in [0.29, 0.717) is 28.4 Å². The first-order valence-corrected chi connectivity index (χ1v) is 4.76. The van der Waals surface area contributed by atoms with E-state index in [9.17, 15) is 0 Å². The number of hydrogen-bond acceptors (Lipinski definition) is 5. The zero-order valence-corrected chi connectivity index (χ0v) is 9.60. The van der Waals surface area contributed by atoms with Gasteiger partial charge < -0.3 is 16.0 Å². The van der Waals surface area contributed by atoms with E-state index in [4.69, 9.17) is 16.4 Å². The van der Waals surface area contributed by atoms with Gasteiger partial charge >= 0.3 is 0 Å². The van der Waals surface area contributed by atoms with E-state index in [0.717, 1.165) is 0 Å². The second-order valence-electron chi connectivity index (χ2n) is 3.14. The molecule has 6 heteroatoms. The number of nitrogens with one attached hydrogen (secondary N) is 1. The average molecular weight is 233 g/mol. The zero-order valence-electron chi connectivity index (χ0n) is 9.60. The molecule has 0 aliphatic heterocycles. The maximum Gasteiger partial charge on any atom is 0.166 e. The van der Waals surface area contributed by atoms with E-state index in [1.54, 1.807) is 18.2 Å². The Balaban J connectivity index is 3.31. The molecule has 1 aromatic carbocycles. The van der Waals surface area contributed by atoms with Crippen LogP contribution >= 0.6 is 0 Å². The molecule has 0 unspecified atom stereocenters. The summed E-state index contributed by atoms with van der Waals surface area (Å²) in [7, 11) is 1.53. The molecular weight excluding hydrogens is 218 g/mol. The summed E-state index contributed by atoms with van der Waals surface area (Å²) in [5.74, 6) is 11.3. The van der Waals surface area contributed by atoms with Crippen LogP contribution in [-0.2, 0) is 4.74 Å². The molecule has 0 amide bonds. The molecule has 0 fully saturated rings. The number of benzene rings is 1. The molecule has 90 valence electrons. The predicted octanol–water partition coefficient (Wildman–Crippen LogP) is 0.719. The van der Waals surface area contributed by atoms with Gasteiger partial charge in [-0.25, -0.2) is 5.84 Å². The second kappa shape index (κ2) is 5.66. The molecule has 6 nitrogen and oxygen atoms in total. The third-order valence-corrected chi connectivity index (χ3v) is 2.25. The number of rotatable bonds is 4. The fourth-order valence-corrected chi connectivity index (χ4v) is 1.35. The average Bonchev–Trinajstić information content (AvgIpc) is 2.39. The highest BCUT2D eigenvalue weighted by molar-refractivity contribution is 5.99. The van der Waals surface area contributed by atoms with E-state index in [-0.39, 0.29) is 0 Å². The Labute approximate surface area is 99.6 Å². The molecule has 17 heavy (non-hydrogen) atoms. The van der Waals surface area contributed by atoms with Crippen molar-refractivity contribution in [3.8, 4) is 0 Å². The highest BCUT2D eigenvalue weighted by atomic mass is 16.5. The molecule has 0 radical (unpaired) electrons. The Morgan fingerprint density at radius 2 is 2.18 bits per heavy atom. The lowest BCUT2D eigenvalue weighted by Crippen LogP contribution is -2.32. The summed E-state index contributed by atoms with van der Waals surface area (Å²) in [4.78, 5) is 3.88. The summed E-state index contributed by atoms with van der Waals surface area (Å²) in [6.07, 6.45) is 0. The molecule has 0 aliphatic rings. The summed E-state index contributed by atoms with van der Waals surface area (Å²) in [6.45, 7) is 7.25. The number of hydrazone groups is 1. The van der Waals surface area contributed by atoms with Gasteiger partial charge in [-0.2, -0.15) is 5.10 Å². The predicted molar refractivity (Wildman–Crippen MR) is 69.7 cm³/mol. The first kappa shape index (κ1) is 12.7. The van der Waals surface area contributed by atoms with Crippen molar-refractivity contribution in [3.05, 3.63) is 35.9 Å². The van der Waals surface area contributed by atoms with Crippen molar-refractivity contribution >= 4 is 24.0 Å². The number of hydrazine groups is 1. The van der Waals surface area contributed by atoms with Gasteiger partial charge in [0.1, 0.15) is 5.76 Å². The third-order valence-electron chi connectivity index (χ3n) is 2.25. The van der Waals surface area contributed by atoms with Crippen molar-refractivity contribution in [2.45, 2.75) is 0 Å².